The highest BCUT2D eigenvalue weighted by Gasteiger charge is 2.47. The van der Waals surface area contributed by atoms with Gasteiger partial charge in [-0.05, 0) is 32.3 Å². The van der Waals surface area contributed by atoms with Crippen molar-refractivity contribution in [3.63, 3.8) is 0 Å². The Kier molecular flexibility index (Phi) is 6.13. The smallest absolute Gasteiger partial charge is 0.101 e. The van der Waals surface area contributed by atoms with Crippen molar-refractivity contribution in [2.24, 2.45) is 5.92 Å². The summed E-state index contributed by atoms with van der Waals surface area (Å²) in [5, 5.41) is 12.6. The van der Waals surface area contributed by atoms with E-state index in [9.17, 15) is 5.11 Å². The Balaban J connectivity index is 1.80. The highest BCUT2D eigenvalue weighted by Crippen LogP contribution is 2.46. The number of ether oxygens (including phenoxy) is 1. The van der Waals surface area contributed by atoms with Gasteiger partial charge in [0.2, 0.25) is 0 Å². The summed E-state index contributed by atoms with van der Waals surface area (Å²) >= 11 is 0. The molecule has 2 atom stereocenters. The minimum Gasteiger partial charge on any atom is -0.396 e. The molecule has 3 nitrogen and oxygen atoms in total. The summed E-state index contributed by atoms with van der Waals surface area (Å²) in [6, 6.07) is 21.3. The maximum absolute atomic E-state index is 10.3. The van der Waals surface area contributed by atoms with Crippen LogP contribution < -0.4 is 5.32 Å². The van der Waals surface area contributed by atoms with Crippen LogP contribution in [0.4, 0.5) is 0 Å². The molecule has 1 aliphatic rings. The fourth-order valence-electron chi connectivity index (χ4n) is 4.55. The molecule has 26 heavy (non-hydrogen) atoms. The van der Waals surface area contributed by atoms with Crippen molar-refractivity contribution in [1.29, 1.82) is 0 Å². The maximum atomic E-state index is 10.3. The van der Waals surface area contributed by atoms with Crippen LogP contribution in [0.25, 0.3) is 0 Å². The molecule has 1 heterocycles. The molecule has 1 aliphatic heterocycles. The fourth-order valence-corrected chi connectivity index (χ4v) is 4.55. The molecule has 0 spiro atoms. The lowest BCUT2D eigenvalue weighted by atomic mass is 9.62. The van der Waals surface area contributed by atoms with Gasteiger partial charge in [0, 0.05) is 23.5 Å². The number of aliphatic hydroxyl groups excluding tert-OH is 1. The van der Waals surface area contributed by atoms with Crippen LogP contribution in [0.5, 0.6) is 0 Å². The van der Waals surface area contributed by atoms with Crippen molar-refractivity contribution >= 4 is 0 Å². The van der Waals surface area contributed by atoms with E-state index in [2.05, 4.69) is 79.8 Å². The van der Waals surface area contributed by atoms with Crippen LogP contribution in [0.2, 0.25) is 0 Å². The lowest BCUT2D eigenvalue weighted by molar-refractivity contribution is -0.677. The van der Waals surface area contributed by atoms with Gasteiger partial charge in [0.05, 0.1) is 18.8 Å². The first-order valence-corrected chi connectivity index (χ1v) is 9.72. The van der Waals surface area contributed by atoms with Crippen molar-refractivity contribution < 1.29 is 15.2 Å². The molecule has 0 radical (unpaired) electrons. The molecule has 0 unspecified atom stereocenters. The van der Waals surface area contributed by atoms with Gasteiger partial charge in [-0.15, -0.1) is 0 Å². The number of nitrogens with two attached hydrogens (primary N) is 1. The van der Waals surface area contributed by atoms with Gasteiger partial charge < -0.3 is 15.2 Å². The summed E-state index contributed by atoms with van der Waals surface area (Å²) < 4.78 is 6.02. The molecule has 2 aromatic rings. The molecular formula is C23H32NO2+. The van der Waals surface area contributed by atoms with Crippen LogP contribution in [-0.2, 0) is 16.7 Å². The van der Waals surface area contributed by atoms with E-state index in [0.717, 1.165) is 32.5 Å². The van der Waals surface area contributed by atoms with Crippen molar-refractivity contribution in [2.75, 3.05) is 19.8 Å². The van der Waals surface area contributed by atoms with E-state index in [0.29, 0.717) is 0 Å². The average Bonchev–Trinajstić information content (AvgIpc) is 2.66. The summed E-state index contributed by atoms with van der Waals surface area (Å²) in [6.07, 6.45) is 1.90. The summed E-state index contributed by atoms with van der Waals surface area (Å²) in [4.78, 5) is 0. The second-order valence-corrected chi connectivity index (χ2v) is 8.15. The highest BCUT2D eigenvalue weighted by atomic mass is 16.5. The Bertz CT molecular complexity index is 671. The van der Waals surface area contributed by atoms with E-state index in [1.807, 2.05) is 0 Å². The molecular weight excluding hydrogens is 322 g/mol. The van der Waals surface area contributed by atoms with Gasteiger partial charge in [-0.25, -0.2) is 0 Å². The van der Waals surface area contributed by atoms with Crippen LogP contribution in [0.15, 0.2) is 60.7 Å². The van der Waals surface area contributed by atoms with E-state index in [1.165, 1.54) is 11.1 Å². The highest BCUT2D eigenvalue weighted by molar-refractivity contribution is 5.28. The van der Waals surface area contributed by atoms with Gasteiger partial charge in [0.15, 0.2) is 0 Å². The topological polar surface area (TPSA) is 46.1 Å². The van der Waals surface area contributed by atoms with Crippen molar-refractivity contribution in [2.45, 2.75) is 44.2 Å². The Morgan fingerprint density at radius 3 is 2.31 bits per heavy atom. The van der Waals surface area contributed by atoms with Crippen LogP contribution in [0.3, 0.4) is 0 Å². The standard InChI is InChI=1S/C23H31NO2/c1-22(2)18-23(13-14-26-22,20-11-7-4-8-12-20)21(17-25)16-24-15-19-9-5-3-6-10-19/h3-12,21,24-25H,13-18H2,1-2H3/p+1/t21-,23+/m0/s1. The molecule has 0 aromatic heterocycles. The van der Waals surface area contributed by atoms with Crippen molar-refractivity contribution in [1.82, 2.24) is 0 Å². The predicted octanol–water partition coefficient (Wildman–Crippen LogP) is 2.89. The lowest BCUT2D eigenvalue weighted by Gasteiger charge is -2.48. The number of hydrogen-bond acceptors (Lipinski definition) is 2. The second-order valence-electron chi connectivity index (χ2n) is 8.15. The van der Waals surface area contributed by atoms with Crippen LogP contribution in [0, 0.1) is 5.92 Å². The van der Waals surface area contributed by atoms with Crippen LogP contribution in [0.1, 0.15) is 37.8 Å². The van der Waals surface area contributed by atoms with Gasteiger partial charge in [0.1, 0.15) is 6.54 Å². The zero-order chi connectivity index (χ0) is 18.5. The molecule has 140 valence electrons. The Morgan fingerprint density at radius 2 is 1.69 bits per heavy atom. The molecule has 1 saturated heterocycles. The van der Waals surface area contributed by atoms with Crippen molar-refractivity contribution in [3.8, 4) is 0 Å². The Labute approximate surface area is 157 Å². The first kappa shape index (κ1) is 19.1. The van der Waals surface area contributed by atoms with E-state index in [1.54, 1.807) is 0 Å². The normalized spacial score (nSPS) is 23.5. The number of benzene rings is 2. The third-order valence-electron chi connectivity index (χ3n) is 5.81. The minimum atomic E-state index is -0.166. The molecule has 0 aliphatic carbocycles. The number of quaternary nitrogens is 1. The molecule has 0 saturated carbocycles. The largest absolute Gasteiger partial charge is 0.396 e. The number of rotatable bonds is 7. The average molecular weight is 355 g/mol. The van der Waals surface area contributed by atoms with Gasteiger partial charge >= 0.3 is 0 Å². The lowest BCUT2D eigenvalue weighted by Crippen LogP contribution is -2.85. The van der Waals surface area contributed by atoms with Crippen LogP contribution >= 0.6 is 0 Å². The van der Waals surface area contributed by atoms with E-state index in [4.69, 9.17) is 4.74 Å². The van der Waals surface area contributed by atoms with Crippen LogP contribution in [-0.4, -0.2) is 30.5 Å². The first-order chi connectivity index (χ1) is 12.6. The molecule has 0 amide bonds. The summed E-state index contributed by atoms with van der Waals surface area (Å²) in [5.74, 6) is 0.205. The molecule has 0 bridgehead atoms. The second kappa shape index (κ2) is 8.34. The van der Waals surface area contributed by atoms with Crippen molar-refractivity contribution in [3.05, 3.63) is 71.8 Å². The molecule has 1 fully saturated rings. The number of aliphatic hydroxyl groups is 1. The van der Waals surface area contributed by atoms with E-state index >= 15 is 0 Å². The molecule has 3 N–H and O–H groups in total. The van der Waals surface area contributed by atoms with Gasteiger partial charge in [-0.1, -0.05) is 60.7 Å². The SMILES string of the molecule is CC1(C)C[C@](c2ccccc2)([C@H](CO)C[NH2+]Cc2ccccc2)CCO1. The predicted molar refractivity (Wildman–Crippen MR) is 105 cm³/mol. The van der Waals surface area contributed by atoms with E-state index in [-0.39, 0.29) is 23.5 Å². The maximum Gasteiger partial charge on any atom is 0.101 e. The van der Waals surface area contributed by atoms with Gasteiger partial charge in [0.25, 0.3) is 0 Å². The summed E-state index contributed by atoms with van der Waals surface area (Å²) in [6.45, 7) is 7.16. The zero-order valence-electron chi connectivity index (χ0n) is 16.0. The molecule has 2 aromatic carbocycles. The fraction of sp³-hybridized carbons (Fsp3) is 0.478. The third-order valence-corrected chi connectivity index (χ3v) is 5.81. The first-order valence-electron chi connectivity index (χ1n) is 9.72. The summed E-state index contributed by atoms with van der Waals surface area (Å²) in [7, 11) is 0. The third kappa shape index (κ3) is 4.35. The monoisotopic (exact) mass is 354 g/mol. The van der Waals surface area contributed by atoms with E-state index < -0.39 is 0 Å². The quantitative estimate of drug-likeness (QED) is 0.803. The van der Waals surface area contributed by atoms with Gasteiger partial charge in [-0.2, -0.15) is 0 Å². The Hall–Kier alpha value is -1.68. The number of hydrogen-bond donors (Lipinski definition) is 2. The summed E-state index contributed by atoms with van der Waals surface area (Å²) in [5.41, 5.74) is 2.46. The molecule has 3 heteroatoms. The minimum absolute atomic E-state index is 0.0368. The Morgan fingerprint density at radius 1 is 1.04 bits per heavy atom. The molecule has 3 rings (SSSR count). The zero-order valence-corrected chi connectivity index (χ0v) is 16.0. The van der Waals surface area contributed by atoms with Gasteiger partial charge in [-0.3, -0.25) is 0 Å².